The van der Waals surface area contributed by atoms with E-state index in [0.717, 1.165) is 25.6 Å². The molecule has 0 bridgehead atoms. The first kappa shape index (κ1) is 18.6. The Balaban J connectivity index is 2.36. The SMILES string of the molecule is CCNC(=NCC(C)(C)SC)NCC(C)CN1CCCC1. The summed E-state index contributed by atoms with van der Waals surface area (Å²) >= 11 is 1.86. The van der Waals surface area contributed by atoms with E-state index in [4.69, 9.17) is 4.99 Å². The van der Waals surface area contributed by atoms with E-state index in [9.17, 15) is 0 Å². The van der Waals surface area contributed by atoms with E-state index in [0.29, 0.717) is 5.92 Å². The highest BCUT2D eigenvalue weighted by Crippen LogP contribution is 2.20. The second-order valence-corrected chi connectivity index (χ2v) is 8.17. The molecule has 5 heteroatoms. The van der Waals surface area contributed by atoms with Crippen molar-refractivity contribution in [1.29, 1.82) is 0 Å². The Bertz CT molecular complexity index is 311. The molecule has 0 amide bonds. The Hall–Kier alpha value is -0.420. The Labute approximate surface area is 135 Å². The third-order valence-corrected chi connectivity index (χ3v) is 5.14. The van der Waals surface area contributed by atoms with Crippen molar-refractivity contribution >= 4 is 17.7 Å². The van der Waals surface area contributed by atoms with Gasteiger partial charge in [0, 0.05) is 24.4 Å². The summed E-state index contributed by atoms with van der Waals surface area (Å²) in [5.41, 5.74) is 0. The molecular weight excluding hydrogens is 280 g/mol. The van der Waals surface area contributed by atoms with Crippen LogP contribution in [0.2, 0.25) is 0 Å². The van der Waals surface area contributed by atoms with Crippen LogP contribution in [0.3, 0.4) is 0 Å². The number of likely N-dealkylation sites (tertiary alicyclic amines) is 1. The molecule has 1 atom stereocenters. The lowest BCUT2D eigenvalue weighted by Gasteiger charge is -2.23. The van der Waals surface area contributed by atoms with Crippen LogP contribution >= 0.6 is 11.8 Å². The number of hydrogen-bond donors (Lipinski definition) is 2. The number of guanidine groups is 1. The molecule has 124 valence electrons. The fourth-order valence-corrected chi connectivity index (χ4v) is 2.61. The van der Waals surface area contributed by atoms with Gasteiger partial charge >= 0.3 is 0 Å². The van der Waals surface area contributed by atoms with Gasteiger partial charge in [-0.25, -0.2) is 0 Å². The van der Waals surface area contributed by atoms with Crippen LogP contribution in [0.5, 0.6) is 0 Å². The quantitative estimate of drug-likeness (QED) is 0.533. The molecule has 0 spiro atoms. The van der Waals surface area contributed by atoms with E-state index in [1.54, 1.807) is 0 Å². The summed E-state index contributed by atoms with van der Waals surface area (Å²) in [6.45, 7) is 15.4. The van der Waals surface area contributed by atoms with Gasteiger partial charge in [0.15, 0.2) is 5.96 Å². The van der Waals surface area contributed by atoms with E-state index in [1.165, 1.54) is 32.5 Å². The van der Waals surface area contributed by atoms with E-state index in [-0.39, 0.29) is 4.75 Å². The van der Waals surface area contributed by atoms with Crippen LogP contribution in [0.25, 0.3) is 0 Å². The lowest BCUT2D eigenvalue weighted by molar-refractivity contribution is 0.287. The highest BCUT2D eigenvalue weighted by atomic mass is 32.2. The molecule has 1 heterocycles. The molecule has 2 N–H and O–H groups in total. The van der Waals surface area contributed by atoms with Gasteiger partial charge in [-0.1, -0.05) is 6.92 Å². The summed E-state index contributed by atoms with van der Waals surface area (Å²) < 4.78 is 0.198. The van der Waals surface area contributed by atoms with Crippen LogP contribution in [0, 0.1) is 5.92 Å². The number of rotatable bonds is 8. The van der Waals surface area contributed by atoms with Gasteiger partial charge in [0.25, 0.3) is 0 Å². The number of hydrogen-bond acceptors (Lipinski definition) is 3. The zero-order valence-corrected chi connectivity index (χ0v) is 15.4. The van der Waals surface area contributed by atoms with Crippen LogP contribution in [0.15, 0.2) is 4.99 Å². The van der Waals surface area contributed by atoms with Crippen LogP contribution in [0.4, 0.5) is 0 Å². The van der Waals surface area contributed by atoms with Crippen LogP contribution in [-0.4, -0.2) is 61.1 Å². The van der Waals surface area contributed by atoms with Gasteiger partial charge in [0.2, 0.25) is 0 Å². The Morgan fingerprint density at radius 1 is 1.29 bits per heavy atom. The molecule has 21 heavy (non-hydrogen) atoms. The number of thioether (sulfide) groups is 1. The van der Waals surface area contributed by atoms with Gasteiger partial charge in [0.1, 0.15) is 0 Å². The highest BCUT2D eigenvalue weighted by molar-refractivity contribution is 7.99. The molecule has 4 nitrogen and oxygen atoms in total. The van der Waals surface area contributed by atoms with Crippen molar-refractivity contribution in [2.45, 2.75) is 45.3 Å². The number of nitrogens with one attached hydrogen (secondary N) is 2. The van der Waals surface area contributed by atoms with Crippen molar-refractivity contribution in [1.82, 2.24) is 15.5 Å². The summed E-state index contributed by atoms with van der Waals surface area (Å²) in [6.07, 6.45) is 4.88. The Morgan fingerprint density at radius 3 is 2.52 bits per heavy atom. The molecule has 0 radical (unpaired) electrons. The molecule has 0 aromatic carbocycles. The van der Waals surface area contributed by atoms with Crippen molar-refractivity contribution in [3.05, 3.63) is 0 Å². The fraction of sp³-hybridized carbons (Fsp3) is 0.938. The van der Waals surface area contributed by atoms with Crippen LogP contribution in [0.1, 0.15) is 40.5 Å². The van der Waals surface area contributed by atoms with Crippen LogP contribution in [-0.2, 0) is 0 Å². The first-order valence-corrected chi connectivity index (χ1v) is 9.49. The monoisotopic (exact) mass is 314 g/mol. The maximum atomic E-state index is 4.72. The van der Waals surface area contributed by atoms with Crippen molar-refractivity contribution < 1.29 is 0 Å². The summed E-state index contributed by atoms with van der Waals surface area (Å²) in [6, 6.07) is 0. The topological polar surface area (TPSA) is 39.7 Å². The van der Waals surface area contributed by atoms with Gasteiger partial charge < -0.3 is 15.5 Å². The average Bonchev–Trinajstić information content (AvgIpc) is 2.95. The largest absolute Gasteiger partial charge is 0.357 e. The van der Waals surface area contributed by atoms with E-state index < -0.39 is 0 Å². The van der Waals surface area contributed by atoms with E-state index in [2.05, 4.69) is 49.5 Å². The first-order valence-electron chi connectivity index (χ1n) is 8.26. The molecule has 1 rings (SSSR count). The third-order valence-electron chi connectivity index (χ3n) is 3.90. The number of nitrogens with zero attached hydrogens (tertiary/aromatic N) is 2. The summed E-state index contributed by atoms with van der Waals surface area (Å²) in [5, 5.41) is 6.84. The van der Waals surface area contributed by atoms with E-state index >= 15 is 0 Å². The minimum Gasteiger partial charge on any atom is -0.357 e. The summed E-state index contributed by atoms with van der Waals surface area (Å²) in [7, 11) is 0. The highest BCUT2D eigenvalue weighted by Gasteiger charge is 2.16. The molecule has 0 saturated carbocycles. The van der Waals surface area contributed by atoms with Gasteiger partial charge in [0.05, 0.1) is 6.54 Å². The molecule has 1 aliphatic rings. The Morgan fingerprint density at radius 2 is 1.95 bits per heavy atom. The van der Waals surface area contributed by atoms with Gasteiger partial charge in [-0.05, 0) is 58.9 Å². The molecule has 0 aliphatic carbocycles. The second-order valence-electron chi connectivity index (χ2n) is 6.65. The normalized spacial score (nSPS) is 18.8. The second kappa shape index (κ2) is 9.57. The lowest BCUT2D eigenvalue weighted by atomic mass is 10.1. The van der Waals surface area contributed by atoms with Crippen molar-refractivity contribution in [3.8, 4) is 0 Å². The smallest absolute Gasteiger partial charge is 0.191 e. The minimum absolute atomic E-state index is 0.198. The van der Waals surface area contributed by atoms with Crippen molar-refractivity contribution in [2.24, 2.45) is 10.9 Å². The zero-order valence-electron chi connectivity index (χ0n) is 14.5. The molecule has 1 aliphatic heterocycles. The molecule has 1 fully saturated rings. The molecule has 1 unspecified atom stereocenters. The third kappa shape index (κ3) is 7.96. The average molecular weight is 315 g/mol. The molecule has 1 saturated heterocycles. The first-order chi connectivity index (χ1) is 9.96. The summed E-state index contributed by atoms with van der Waals surface area (Å²) in [4.78, 5) is 7.30. The molecule has 0 aromatic heterocycles. The van der Waals surface area contributed by atoms with Crippen molar-refractivity contribution in [3.63, 3.8) is 0 Å². The summed E-state index contributed by atoms with van der Waals surface area (Å²) in [5.74, 6) is 1.61. The Kier molecular flexibility index (Phi) is 8.49. The predicted molar refractivity (Wildman–Crippen MR) is 96.4 cm³/mol. The van der Waals surface area contributed by atoms with Gasteiger partial charge in [-0.2, -0.15) is 11.8 Å². The van der Waals surface area contributed by atoms with Gasteiger partial charge in [-0.3, -0.25) is 4.99 Å². The number of aliphatic imine (C=N–C) groups is 1. The van der Waals surface area contributed by atoms with Gasteiger partial charge in [-0.15, -0.1) is 0 Å². The lowest BCUT2D eigenvalue weighted by Crippen LogP contribution is -2.42. The fourth-order valence-electron chi connectivity index (χ4n) is 2.42. The maximum Gasteiger partial charge on any atom is 0.191 e. The predicted octanol–water partition coefficient (Wildman–Crippen LogP) is 2.42. The van der Waals surface area contributed by atoms with Crippen LogP contribution < -0.4 is 10.6 Å². The minimum atomic E-state index is 0.198. The standard InChI is InChI=1S/C16H34N4S/c1-6-17-15(19-13-16(3,4)21-5)18-11-14(2)12-20-9-7-8-10-20/h14H,6-13H2,1-5H3,(H2,17,18,19). The molecular formula is C16H34N4S. The maximum absolute atomic E-state index is 4.72. The van der Waals surface area contributed by atoms with E-state index in [1.807, 2.05) is 11.8 Å². The van der Waals surface area contributed by atoms with Crippen molar-refractivity contribution in [2.75, 3.05) is 45.5 Å². The molecule has 0 aromatic rings. The zero-order chi connectivity index (χ0) is 15.7.